The number of pyridine rings is 1. The van der Waals surface area contributed by atoms with E-state index < -0.39 is 47.1 Å². The van der Waals surface area contributed by atoms with E-state index in [2.05, 4.69) is 9.98 Å². The van der Waals surface area contributed by atoms with Crippen molar-refractivity contribution in [2.45, 2.75) is 60.4 Å². The van der Waals surface area contributed by atoms with Crippen molar-refractivity contribution in [3.8, 4) is 17.2 Å². The van der Waals surface area contributed by atoms with Crippen molar-refractivity contribution in [2.24, 2.45) is 16.8 Å². The number of anilines is 1. The number of rotatable bonds is 30. The monoisotopic (exact) mass is 1250 g/mol. The molecule has 0 saturated heterocycles. The SMILES string of the molecule is CCOC(=O)C(C(=O)OCC)C(=Nc1cccc(OCCOC)c1Cl)SCC.CCOC(=O)C(C(=O)OCC)C(=S)N(CC)c1cccc(OCCOC)c1Cl.CCOC(=O)c1c(SCC)[nH]c2c(Cl)c(OCCOC)ccc2c1=O. The zero-order chi connectivity index (χ0) is 60.4. The summed E-state index contributed by atoms with van der Waals surface area (Å²) in [5.41, 5.74) is 0.929. The van der Waals surface area contributed by atoms with Crippen molar-refractivity contribution >= 4 is 133 Å². The van der Waals surface area contributed by atoms with Gasteiger partial charge in [0.05, 0.1) is 79.8 Å². The lowest BCUT2D eigenvalue weighted by Crippen LogP contribution is -2.43. The van der Waals surface area contributed by atoms with E-state index in [4.69, 9.17) is 99.1 Å². The van der Waals surface area contributed by atoms with Gasteiger partial charge in [0.25, 0.3) is 0 Å². The van der Waals surface area contributed by atoms with Gasteiger partial charge in [-0.15, -0.1) is 23.5 Å². The van der Waals surface area contributed by atoms with Gasteiger partial charge >= 0.3 is 29.8 Å². The van der Waals surface area contributed by atoms with Crippen LogP contribution in [0.5, 0.6) is 17.2 Å². The number of methoxy groups -OCH3 is 3. The van der Waals surface area contributed by atoms with Gasteiger partial charge in [0, 0.05) is 33.3 Å². The number of aliphatic imine (C=N–C) groups is 1. The van der Waals surface area contributed by atoms with E-state index in [0.29, 0.717) is 112 Å². The number of carbonyl (C=O) groups excluding carboxylic acids is 5. The number of aromatic amines is 1. The third kappa shape index (κ3) is 22.0. The second-order valence-electron chi connectivity index (χ2n) is 15.7. The summed E-state index contributed by atoms with van der Waals surface area (Å²) in [5, 5.41) is 1.89. The molecule has 1 heterocycles. The minimum absolute atomic E-state index is 0.00492. The fourth-order valence-corrected chi connectivity index (χ4v) is 9.59. The first-order valence-electron chi connectivity index (χ1n) is 25.8. The Bertz CT molecular complexity index is 2730. The third-order valence-electron chi connectivity index (χ3n) is 10.3. The predicted octanol–water partition coefficient (Wildman–Crippen LogP) is 10.6. The van der Waals surface area contributed by atoms with Crippen LogP contribution >= 0.6 is 70.5 Å². The van der Waals surface area contributed by atoms with E-state index >= 15 is 0 Å². The highest BCUT2D eigenvalue weighted by Gasteiger charge is 2.38. The molecule has 26 heteroatoms. The third-order valence-corrected chi connectivity index (χ3v) is 13.7. The Morgan fingerprint density at radius 3 is 1.52 bits per heavy atom. The molecule has 0 aliphatic carbocycles. The van der Waals surface area contributed by atoms with Crippen molar-refractivity contribution in [3.05, 3.63) is 79.4 Å². The second kappa shape index (κ2) is 40.0. The van der Waals surface area contributed by atoms with E-state index in [-0.39, 0.29) is 53.7 Å². The van der Waals surface area contributed by atoms with Crippen LogP contribution in [0.3, 0.4) is 0 Å². The van der Waals surface area contributed by atoms with Gasteiger partial charge in [-0.1, -0.05) is 73.0 Å². The van der Waals surface area contributed by atoms with Crippen molar-refractivity contribution in [1.29, 1.82) is 0 Å². The molecule has 81 heavy (non-hydrogen) atoms. The number of hydrogen-bond acceptors (Lipinski definition) is 21. The molecule has 1 N–H and O–H groups in total. The van der Waals surface area contributed by atoms with Gasteiger partial charge in [-0.05, 0) is 89.4 Å². The summed E-state index contributed by atoms with van der Waals surface area (Å²) in [5.74, 6) is -3.59. The summed E-state index contributed by atoms with van der Waals surface area (Å²) < 4.78 is 56.8. The summed E-state index contributed by atoms with van der Waals surface area (Å²) in [6.07, 6.45) is 0. The highest BCUT2D eigenvalue weighted by Crippen LogP contribution is 2.38. The lowest BCUT2D eigenvalue weighted by Gasteiger charge is -2.28. The molecule has 448 valence electrons. The number of nitrogens with one attached hydrogen (secondary N) is 1. The van der Waals surface area contributed by atoms with Gasteiger partial charge in [0.1, 0.15) is 62.7 Å². The Hall–Kier alpha value is -5.37. The number of benzene rings is 3. The van der Waals surface area contributed by atoms with Gasteiger partial charge in [0.2, 0.25) is 17.3 Å². The largest absolute Gasteiger partial charge is 0.490 e. The Kier molecular flexibility index (Phi) is 35.4. The first kappa shape index (κ1) is 71.7. The second-order valence-corrected chi connectivity index (χ2v) is 19.8. The summed E-state index contributed by atoms with van der Waals surface area (Å²) in [7, 11) is 4.72. The average Bonchev–Trinajstić information content (AvgIpc) is 3.59. The predicted molar refractivity (Wildman–Crippen MR) is 321 cm³/mol. The number of thioether (sulfide) groups is 2. The molecule has 0 aliphatic heterocycles. The van der Waals surface area contributed by atoms with Crippen LogP contribution in [0.1, 0.15) is 65.7 Å². The van der Waals surface area contributed by atoms with Gasteiger partial charge < -0.3 is 62.0 Å². The number of nitrogens with zero attached hydrogens (tertiary/aromatic N) is 2. The van der Waals surface area contributed by atoms with Crippen LogP contribution in [0.25, 0.3) is 10.9 Å². The number of thiocarbonyl (C=S) groups is 1. The Morgan fingerprint density at radius 1 is 0.593 bits per heavy atom. The maximum atomic E-state index is 12.8. The van der Waals surface area contributed by atoms with Crippen molar-refractivity contribution in [2.75, 3.05) is 117 Å². The Balaban J connectivity index is 0.000000416. The average molecular weight is 1250 g/mol. The molecule has 4 rings (SSSR count). The summed E-state index contributed by atoms with van der Waals surface area (Å²) in [4.78, 5) is 83.8. The van der Waals surface area contributed by atoms with Crippen LogP contribution in [0.4, 0.5) is 11.4 Å². The number of ether oxygens (including phenoxy) is 11. The number of fused-ring (bicyclic) bond motifs is 1. The molecule has 0 fully saturated rings. The molecule has 4 aromatic rings. The van der Waals surface area contributed by atoms with Crippen LogP contribution in [0, 0.1) is 11.8 Å². The van der Waals surface area contributed by atoms with Gasteiger partial charge in [-0.3, -0.25) is 24.0 Å². The molecule has 0 unspecified atom stereocenters. The number of halogens is 3. The molecule has 0 atom stereocenters. The van der Waals surface area contributed by atoms with Gasteiger partial charge in [-0.25, -0.2) is 9.79 Å². The topological polar surface area (TPSA) is 235 Å². The van der Waals surface area contributed by atoms with Crippen molar-refractivity contribution in [3.63, 3.8) is 0 Å². The molecule has 0 aliphatic rings. The maximum absolute atomic E-state index is 12.8. The first-order chi connectivity index (χ1) is 39.0. The number of carbonyl (C=O) groups is 5. The Morgan fingerprint density at radius 2 is 1.06 bits per heavy atom. The number of hydrogen-bond donors (Lipinski definition) is 1. The quantitative estimate of drug-likeness (QED) is 0.00747. The number of aromatic nitrogens is 1. The molecule has 20 nitrogen and oxygen atoms in total. The van der Waals surface area contributed by atoms with Crippen LogP contribution in [-0.4, -0.2) is 157 Å². The lowest BCUT2D eigenvalue weighted by molar-refractivity contribution is -0.159. The van der Waals surface area contributed by atoms with Crippen LogP contribution in [0.15, 0.2) is 63.3 Å². The van der Waals surface area contributed by atoms with Gasteiger partial charge in [0.15, 0.2) is 0 Å². The molecular formula is C55H72Cl3N3O17S3. The Labute approximate surface area is 501 Å². The van der Waals surface area contributed by atoms with E-state index in [1.807, 2.05) is 20.8 Å². The molecule has 1 aromatic heterocycles. The fraction of sp³-hybridized carbons (Fsp3) is 0.491. The van der Waals surface area contributed by atoms with E-state index in [9.17, 15) is 28.8 Å². The molecule has 0 saturated carbocycles. The minimum Gasteiger partial charge on any atom is -0.490 e. The van der Waals surface area contributed by atoms with Gasteiger partial charge in [-0.2, -0.15) is 0 Å². The normalized spacial score (nSPS) is 10.9. The standard InChI is InChI=1S/2C19H26ClNO6S.C17H20ClNO5S/c1-5-25-18(22)15(19(23)26-6-2)17(28-7-3)21-13-9-8-10-14(16(13)20)27-12-11-24-4;1-5-21(13-9-8-10-14(16(13)20)27-12-11-24-4)17(28)15(18(22)25-6-2)19(23)26-7-3;1-4-23-17(21)12-15(20)10-6-7-11(24-9-8-22-3)13(18)14(10)19-16(12)25-5-2/h2*8-10,15H,5-7,11-12H2,1-4H3;6-7H,4-5,8-9H2,1-3H3,(H,19,20). The van der Waals surface area contributed by atoms with Crippen molar-refractivity contribution < 1.29 is 76.1 Å². The van der Waals surface area contributed by atoms with E-state index in [1.165, 1.54) is 23.5 Å². The molecule has 0 spiro atoms. The number of H-pyrrole nitrogens is 1. The molecular weight excluding hydrogens is 1180 g/mol. The molecule has 3 aromatic carbocycles. The zero-order valence-electron chi connectivity index (χ0n) is 47.4. The fourth-order valence-electron chi connectivity index (χ4n) is 6.80. The summed E-state index contributed by atoms with van der Waals surface area (Å²) >= 11 is 27.4. The zero-order valence-corrected chi connectivity index (χ0v) is 52.1. The molecule has 0 amide bonds. The summed E-state index contributed by atoms with van der Waals surface area (Å²) in [6, 6.07) is 13.5. The highest BCUT2D eigenvalue weighted by atomic mass is 35.5. The summed E-state index contributed by atoms with van der Waals surface area (Å²) in [6.45, 7) is 17.3. The van der Waals surface area contributed by atoms with Crippen LogP contribution in [-0.2, 0) is 57.1 Å². The van der Waals surface area contributed by atoms with Crippen molar-refractivity contribution in [1.82, 2.24) is 4.98 Å². The number of esters is 5. The molecule has 0 bridgehead atoms. The highest BCUT2D eigenvalue weighted by molar-refractivity contribution is 8.14. The first-order valence-corrected chi connectivity index (χ1v) is 29.3. The van der Waals surface area contributed by atoms with E-state index in [0.717, 1.165) is 0 Å². The minimum atomic E-state index is -1.36. The maximum Gasteiger partial charge on any atom is 0.344 e. The van der Waals surface area contributed by atoms with Crippen LogP contribution < -0.4 is 24.5 Å². The smallest absolute Gasteiger partial charge is 0.344 e. The molecule has 0 radical (unpaired) electrons. The van der Waals surface area contributed by atoms with Crippen LogP contribution in [0.2, 0.25) is 15.1 Å². The van der Waals surface area contributed by atoms with E-state index in [1.54, 1.807) is 109 Å². The lowest BCUT2D eigenvalue weighted by atomic mass is 10.1.